The van der Waals surface area contributed by atoms with Crippen molar-refractivity contribution in [2.75, 3.05) is 0 Å². The monoisotopic (exact) mass is 267 g/mol. The molecule has 4 N–H and O–H groups in total. The summed E-state index contributed by atoms with van der Waals surface area (Å²) in [4.78, 5) is 15.3. The molecule has 6 heteroatoms. The summed E-state index contributed by atoms with van der Waals surface area (Å²) in [5.74, 6) is -2.92. The van der Waals surface area contributed by atoms with Crippen molar-refractivity contribution in [2.45, 2.75) is 19.8 Å². The van der Waals surface area contributed by atoms with Gasteiger partial charge >= 0.3 is 0 Å². The number of nitrogens with zero attached hydrogens (tertiary/aromatic N) is 1. The molecular weight excluding hydrogens is 252 g/mol. The van der Waals surface area contributed by atoms with Gasteiger partial charge in [0.15, 0.2) is 5.96 Å². The van der Waals surface area contributed by atoms with Crippen molar-refractivity contribution >= 4 is 11.9 Å². The van der Waals surface area contributed by atoms with Crippen LogP contribution in [0.2, 0.25) is 0 Å². The zero-order valence-corrected chi connectivity index (χ0v) is 10.7. The largest absolute Gasteiger partial charge is 0.370 e. The topological polar surface area (TPSA) is 81.5 Å². The van der Waals surface area contributed by atoms with Gasteiger partial charge in [0.1, 0.15) is 11.6 Å². The second-order valence-corrected chi connectivity index (χ2v) is 5.32. The van der Waals surface area contributed by atoms with E-state index in [4.69, 9.17) is 11.5 Å². The number of hydrogen-bond acceptors (Lipinski definition) is 1. The fraction of sp³-hybridized carbons (Fsp3) is 0.385. The molecule has 1 aromatic rings. The average molecular weight is 267 g/mol. The maximum Gasteiger partial charge on any atom is 0.253 e. The van der Waals surface area contributed by atoms with Crippen LogP contribution in [0.4, 0.5) is 8.78 Å². The lowest BCUT2D eigenvalue weighted by atomic mass is 10.0. The van der Waals surface area contributed by atoms with Crippen LogP contribution in [-0.4, -0.2) is 11.9 Å². The van der Waals surface area contributed by atoms with E-state index in [1.807, 2.05) is 13.8 Å². The van der Waals surface area contributed by atoms with Crippen molar-refractivity contribution in [3.63, 3.8) is 0 Å². The molecule has 0 spiro atoms. The third-order valence-corrected chi connectivity index (χ3v) is 3.63. The van der Waals surface area contributed by atoms with Gasteiger partial charge in [-0.2, -0.15) is 4.99 Å². The van der Waals surface area contributed by atoms with Crippen LogP contribution in [0.3, 0.4) is 0 Å². The van der Waals surface area contributed by atoms with Crippen LogP contribution in [0, 0.1) is 23.0 Å². The first-order chi connectivity index (χ1) is 8.75. The normalized spacial score (nSPS) is 23.8. The molecule has 0 radical (unpaired) electrons. The molecule has 1 aliphatic rings. The summed E-state index contributed by atoms with van der Waals surface area (Å²) in [5.41, 5.74) is 10.2. The van der Waals surface area contributed by atoms with Gasteiger partial charge in [-0.3, -0.25) is 4.79 Å². The summed E-state index contributed by atoms with van der Waals surface area (Å²) in [7, 11) is 0. The summed E-state index contributed by atoms with van der Waals surface area (Å²) in [6, 6.07) is 3.35. The second kappa shape index (κ2) is 4.29. The van der Waals surface area contributed by atoms with Gasteiger partial charge < -0.3 is 11.5 Å². The number of guanidine groups is 1. The van der Waals surface area contributed by atoms with Crippen molar-refractivity contribution in [3.8, 4) is 0 Å². The molecule has 0 bridgehead atoms. The Labute approximate surface area is 109 Å². The number of carbonyl (C=O) groups excluding carboxylic acids is 1. The molecule has 102 valence electrons. The highest BCUT2D eigenvalue weighted by Crippen LogP contribution is 2.65. The van der Waals surface area contributed by atoms with E-state index in [0.29, 0.717) is 5.56 Å². The van der Waals surface area contributed by atoms with Gasteiger partial charge in [-0.15, -0.1) is 0 Å². The predicted molar refractivity (Wildman–Crippen MR) is 67.2 cm³/mol. The van der Waals surface area contributed by atoms with Crippen LogP contribution >= 0.6 is 0 Å². The molecule has 4 nitrogen and oxygen atoms in total. The molecule has 0 heterocycles. The third-order valence-electron chi connectivity index (χ3n) is 3.63. The van der Waals surface area contributed by atoms with E-state index in [2.05, 4.69) is 4.99 Å². The zero-order chi connectivity index (χ0) is 14.4. The Balaban J connectivity index is 2.32. The van der Waals surface area contributed by atoms with Crippen molar-refractivity contribution in [2.24, 2.45) is 27.8 Å². The summed E-state index contributed by atoms with van der Waals surface area (Å²) in [6.45, 7) is 3.65. The van der Waals surface area contributed by atoms with Gasteiger partial charge in [-0.25, -0.2) is 8.78 Å². The first kappa shape index (κ1) is 13.5. The molecule has 0 aromatic heterocycles. The Kier molecular flexibility index (Phi) is 3.04. The standard InChI is InChI=1S/C13H15F2N3O/c1-13(2)9(10(13)11(19)18-12(16)17)7-4-3-6(14)5-8(7)15/h3-5,9-10H,1-2H3,(H4,16,17,18,19). The molecule has 1 fully saturated rings. The fourth-order valence-corrected chi connectivity index (χ4v) is 2.63. The number of benzene rings is 1. The van der Waals surface area contributed by atoms with Gasteiger partial charge in [0.05, 0.1) is 5.92 Å². The van der Waals surface area contributed by atoms with Gasteiger partial charge in [0.25, 0.3) is 5.91 Å². The molecule has 2 rings (SSSR count). The van der Waals surface area contributed by atoms with E-state index in [9.17, 15) is 13.6 Å². The van der Waals surface area contributed by atoms with E-state index < -0.39 is 28.9 Å². The number of hydrogen-bond donors (Lipinski definition) is 2. The third kappa shape index (κ3) is 2.30. The number of amides is 1. The molecular formula is C13H15F2N3O. The molecule has 1 aliphatic carbocycles. The Morgan fingerprint density at radius 2 is 1.95 bits per heavy atom. The van der Waals surface area contributed by atoms with E-state index in [-0.39, 0.29) is 11.9 Å². The highest BCUT2D eigenvalue weighted by atomic mass is 19.1. The van der Waals surface area contributed by atoms with Crippen LogP contribution < -0.4 is 11.5 Å². The summed E-state index contributed by atoms with van der Waals surface area (Å²) in [6.07, 6.45) is 0. The highest BCUT2D eigenvalue weighted by Gasteiger charge is 2.63. The predicted octanol–water partition coefficient (Wildman–Crippen LogP) is 1.50. The SMILES string of the molecule is CC1(C)C(C(=O)N=C(N)N)C1c1ccc(F)cc1F. The quantitative estimate of drug-likeness (QED) is 0.629. The molecule has 19 heavy (non-hydrogen) atoms. The molecule has 1 aromatic carbocycles. The fourth-order valence-electron chi connectivity index (χ4n) is 2.63. The maximum atomic E-state index is 13.7. The number of halogens is 2. The first-order valence-electron chi connectivity index (χ1n) is 5.83. The number of rotatable bonds is 2. The second-order valence-electron chi connectivity index (χ2n) is 5.32. The van der Waals surface area contributed by atoms with E-state index in [1.54, 1.807) is 0 Å². The van der Waals surface area contributed by atoms with Crippen LogP contribution in [0.25, 0.3) is 0 Å². The molecule has 2 unspecified atom stereocenters. The lowest BCUT2D eigenvalue weighted by Gasteiger charge is -2.04. The Hall–Kier alpha value is -1.98. The average Bonchev–Trinajstić information content (AvgIpc) is 2.80. The summed E-state index contributed by atoms with van der Waals surface area (Å²) >= 11 is 0. The molecule has 1 saturated carbocycles. The van der Waals surface area contributed by atoms with Crippen molar-refractivity contribution in [1.82, 2.24) is 0 Å². The van der Waals surface area contributed by atoms with Crippen molar-refractivity contribution in [3.05, 3.63) is 35.4 Å². The first-order valence-corrected chi connectivity index (χ1v) is 5.83. The Bertz CT molecular complexity index is 565. The van der Waals surface area contributed by atoms with E-state index >= 15 is 0 Å². The number of carbonyl (C=O) groups is 1. The van der Waals surface area contributed by atoms with Crippen molar-refractivity contribution < 1.29 is 13.6 Å². The summed E-state index contributed by atoms with van der Waals surface area (Å²) in [5, 5.41) is 0. The van der Waals surface area contributed by atoms with Crippen LogP contribution in [0.15, 0.2) is 23.2 Å². The number of aliphatic imine (C=N–C) groups is 1. The summed E-state index contributed by atoms with van der Waals surface area (Å²) < 4.78 is 26.6. The minimum Gasteiger partial charge on any atom is -0.370 e. The molecule has 0 saturated heterocycles. The van der Waals surface area contributed by atoms with Crippen LogP contribution in [0.5, 0.6) is 0 Å². The van der Waals surface area contributed by atoms with E-state index in [0.717, 1.165) is 6.07 Å². The van der Waals surface area contributed by atoms with Crippen LogP contribution in [0.1, 0.15) is 25.3 Å². The lowest BCUT2D eigenvalue weighted by molar-refractivity contribution is -0.119. The highest BCUT2D eigenvalue weighted by molar-refractivity contribution is 5.95. The molecule has 1 amide bonds. The van der Waals surface area contributed by atoms with Crippen molar-refractivity contribution in [1.29, 1.82) is 0 Å². The molecule has 2 atom stereocenters. The molecule has 0 aliphatic heterocycles. The van der Waals surface area contributed by atoms with Crippen LogP contribution in [-0.2, 0) is 4.79 Å². The van der Waals surface area contributed by atoms with Gasteiger partial charge in [-0.05, 0) is 17.0 Å². The Morgan fingerprint density at radius 1 is 1.32 bits per heavy atom. The smallest absolute Gasteiger partial charge is 0.253 e. The van der Waals surface area contributed by atoms with E-state index in [1.165, 1.54) is 12.1 Å². The van der Waals surface area contributed by atoms with Gasteiger partial charge in [0.2, 0.25) is 0 Å². The Morgan fingerprint density at radius 3 is 2.47 bits per heavy atom. The van der Waals surface area contributed by atoms with Gasteiger partial charge in [0, 0.05) is 12.0 Å². The maximum absolute atomic E-state index is 13.7. The zero-order valence-electron chi connectivity index (χ0n) is 10.7. The van der Waals surface area contributed by atoms with Gasteiger partial charge in [-0.1, -0.05) is 19.9 Å². The lowest BCUT2D eigenvalue weighted by Crippen LogP contribution is -2.25. The minimum atomic E-state index is -0.655. The minimum absolute atomic E-state index is 0.314. The number of nitrogens with two attached hydrogens (primary N) is 2.